The molecule has 0 bridgehead atoms. The molecule has 5 nitrogen and oxygen atoms in total. The van der Waals surface area contributed by atoms with E-state index in [-0.39, 0.29) is 0 Å². The second-order valence-electron chi connectivity index (χ2n) is 6.16. The van der Waals surface area contributed by atoms with Crippen LogP contribution in [0.1, 0.15) is 44.0 Å². The number of nitrogens with one attached hydrogen (secondary N) is 1. The third-order valence-corrected chi connectivity index (χ3v) is 4.38. The Bertz CT molecular complexity index is 587. The zero-order valence-corrected chi connectivity index (χ0v) is 13.0. The Morgan fingerprint density at radius 1 is 1.24 bits per heavy atom. The minimum Gasteiger partial charge on any atom is -0.300 e. The van der Waals surface area contributed by atoms with Gasteiger partial charge in [-0.15, -0.1) is 0 Å². The molecule has 5 heteroatoms. The zero-order chi connectivity index (χ0) is 14.8. The number of piperidine rings is 1. The highest BCUT2D eigenvalue weighted by Crippen LogP contribution is 2.27. The molecule has 0 aromatic carbocycles. The van der Waals surface area contributed by atoms with Crippen LogP contribution in [-0.2, 0) is 0 Å². The lowest BCUT2D eigenvalue weighted by Gasteiger charge is -2.35. The first kappa shape index (κ1) is 14.2. The first-order valence-electron chi connectivity index (χ1n) is 7.71. The lowest BCUT2D eigenvalue weighted by molar-refractivity contribution is 0.166. The maximum atomic E-state index is 4.66. The van der Waals surface area contributed by atoms with Crippen molar-refractivity contribution < 1.29 is 0 Å². The molecule has 0 radical (unpaired) electrons. The Balaban J connectivity index is 1.76. The number of aromatic amines is 1. The van der Waals surface area contributed by atoms with E-state index in [2.05, 4.69) is 38.9 Å². The van der Waals surface area contributed by atoms with Crippen LogP contribution in [-0.4, -0.2) is 44.2 Å². The average Bonchev–Trinajstić information content (AvgIpc) is 2.94. The lowest BCUT2D eigenvalue weighted by Crippen LogP contribution is -2.39. The molecule has 1 N–H and O–H groups in total. The van der Waals surface area contributed by atoms with E-state index in [4.69, 9.17) is 0 Å². The van der Waals surface area contributed by atoms with Crippen molar-refractivity contribution in [1.29, 1.82) is 0 Å². The molecule has 21 heavy (non-hydrogen) atoms. The number of aryl methyl sites for hydroxylation is 1. The summed E-state index contributed by atoms with van der Waals surface area (Å²) in [6.07, 6.45) is 8.08. The van der Waals surface area contributed by atoms with Crippen LogP contribution < -0.4 is 0 Å². The van der Waals surface area contributed by atoms with Gasteiger partial charge < -0.3 is 4.90 Å². The molecule has 2 aromatic heterocycles. The van der Waals surface area contributed by atoms with Crippen molar-refractivity contribution in [2.75, 3.05) is 13.1 Å². The van der Waals surface area contributed by atoms with Gasteiger partial charge in [-0.25, -0.2) is 0 Å². The molecule has 1 aliphatic rings. The van der Waals surface area contributed by atoms with Gasteiger partial charge >= 0.3 is 0 Å². The van der Waals surface area contributed by atoms with E-state index in [1.807, 2.05) is 19.3 Å². The van der Waals surface area contributed by atoms with Gasteiger partial charge in [0, 0.05) is 36.0 Å². The fraction of sp³-hybridized carbons (Fsp3) is 0.562. The molecule has 1 unspecified atom stereocenters. The van der Waals surface area contributed by atoms with Gasteiger partial charge in [-0.3, -0.25) is 15.1 Å². The summed E-state index contributed by atoms with van der Waals surface area (Å²) in [4.78, 5) is 11.8. The van der Waals surface area contributed by atoms with E-state index in [0.29, 0.717) is 12.0 Å². The summed E-state index contributed by atoms with van der Waals surface area (Å²) in [7, 11) is 0. The van der Waals surface area contributed by atoms with E-state index in [9.17, 15) is 0 Å². The van der Waals surface area contributed by atoms with Crippen molar-refractivity contribution in [3.63, 3.8) is 0 Å². The van der Waals surface area contributed by atoms with Crippen molar-refractivity contribution >= 4 is 0 Å². The molecular formula is C16H23N5. The first-order chi connectivity index (χ1) is 10.1. The molecule has 3 rings (SSSR count). The number of rotatable bonds is 3. The molecule has 1 atom stereocenters. The molecule has 0 spiro atoms. The molecular weight excluding hydrogens is 262 g/mol. The highest BCUT2D eigenvalue weighted by molar-refractivity contribution is 5.59. The number of nitrogens with zero attached hydrogens (tertiary/aromatic N) is 4. The summed E-state index contributed by atoms with van der Waals surface area (Å²) in [6.45, 7) is 8.82. The van der Waals surface area contributed by atoms with E-state index in [1.54, 1.807) is 6.20 Å². The molecule has 1 aliphatic heterocycles. The average molecular weight is 285 g/mol. The van der Waals surface area contributed by atoms with Crippen molar-refractivity contribution in [2.24, 2.45) is 0 Å². The van der Waals surface area contributed by atoms with E-state index < -0.39 is 0 Å². The molecule has 2 aromatic rings. The second kappa shape index (κ2) is 5.93. The Morgan fingerprint density at radius 2 is 2.10 bits per heavy atom. The fourth-order valence-electron chi connectivity index (χ4n) is 3.01. The first-order valence-corrected chi connectivity index (χ1v) is 7.71. The summed E-state index contributed by atoms with van der Waals surface area (Å²) >= 11 is 0. The zero-order valence-electron chi connectivity index (χ0n) is 13.0. The Kier molecular flexibility index (Phi) is 4.01. The van der Waals surface area contributed by atoms with Gasteiger partial charge in [0.1, 0.15) is 0 Å². The van der Waals surface area contributed by atoms with Crippen LogP contribution in [0.2, 0.25) is 0 Å². The van der Waals surface area contributed by atoms with Crippen molar-refractivity contribution in [3.05, 3.63) is 30.0 Å². The Labute approximate surface area is 125 Å². The van der Waals surface area contributed by atoms with Gasteiger partial charge in [-0.1, -0.05) is 0 Å². The smallest absolute Gasteiger partial charge is 0.0919 e. The molecule has 0 saturated carbocycles. The lowest BCUT2D eigenvalue weighted by atomic mass is 9.94. The van der Waals surface area contributed by atoms with Crippen LogP contribution in [0.25, 0.3) is 11.3 Å². The highest BCUT2D eigenvalue weighted by Gasteiger charge is 2.24. The molecule has 0 amide bonds. The minimum absolute atomic E-state index is 0.508. The second-order valence-corrected chi connectivity index (χ2v) is 6.16. The molecule has 112 valence electrons. The predicted molar refractivity (Wildman–Crippen MR) is 83.0 cm³/mol. The van der Waals surface area contributed by atoms with E-state index in [1.165, 1.54) is 19.4 Å². The third-order valence-electron chi connectivity index (χ3n) is 4.38. The van der Waals surface area contributed by atoms with Gasteiger partial charge in [-0.05, 0) is 40.2 Å². The topological polar surface area (TPSA) is 57.7 Å². The predicted octanol–water partition coefficient (Wildman–Crippen LogP) is 2.76. The number of hydrogen-bond donors (Lipinski definition) is 1. The van der Waals surface area contributed by atoms with Crippen molar-refractivity contribution in [1.82, 2.24) is 25.1 Å². The standard InChI is InChI=1S/C16H23N5/c1-11(2)21-6-4-5-13(10-21)15-8-18-16(9-17-15)14-7-19-20-12(14)3/h7-9,11,13H,4-6,10H2,1-3H3,(H,19,20). The number of likely N-dealkylation sites (tertiary alicyclic amines) is 1. The Hall–Kier alpha value is -1.75. The SMILES string of the molecule is Cc1[nH]ncc1-c1cnc(C2CCCN(C(C)C)C2)cn1. The van der Waals surface area contributed by atoms with Gasteiger partial charge in [-0.2, -0.15) is 5.10 Å². The van der Waals surface area contributed by atoms with Crippen LogP contribution >= 0.6 is 0 Å². The van der Waals surface area contributed by atoms with Crippen LogP contribution in [0.5, 0.6) is 0 Å². The fourth-order valence-corrected chi connectivity index (χ4v) is 3.01. The summed E-state index contributed by atoms with van der Waals surface area (Å²) < 4.78 is 0. The van der Waals surface area contributed by atoms with Crippen molar-refractivity contribution in [2.45, 2.75) is 45.6 Å². The molecule has 1 fully saturated rings. The van der Waals surface area contributed by atoms with Crippen LogP contribution in [0, 0.1) is 6.92 Å². The molecule has 3 heterocycles. The van der Waals surface area contributed by atoms with Crippen molar-refractivity contribution in [3.8, 4) is 11.3 Å². The highest BCUT2D eigenvalue weighted by atomic mass is 15.2. The summed E-state index contributed by atoms with van der Waals surface area (Å²) in [6, 6.07) is 0.605. The minimum atomic E-state index is 0.508. The Morgan fingerprint density at radius 3 is 2.71 bits per heavy atom. The molecule has 0 aliphatic carbocycles. The van der Waals surface area contributed by atoms with Gasteiger partial charge in [0.15, 0.2) is 0 Å². The maximum Gasteiger partial charge on any atom is 0.0919 e. The summed E-state index contributed by atoms with van der Waals surface area (Å²) in [5.41, 5.74) is 4.06. The van der Waals surface area contributed by atoms with Gasteiger partial charge in [0.2, 0.25) is 0 Å². The maximum absolute atomic E-state index is 4.66. The number of aromatic nitrogens is 4. The normalized spacial score (nSPS) is 20.1. The summed E-state index contributed by atoms with van der Waals surface area (Å²) in [5.74, 6) is 0.508. The van der Waals surface area contributed by atoms with Crippen LogP contribution in [0.3, 0.4) is 0 Å². The number of hydrogen-bond acceptors (Lipinski definition) is 4. The monoisotopic (exact) mass is 285 g/mol. The van der Waals surface area contributed by atoms with Crippen LogP contribution in [0.4, 0.5) is 0 Å². The summed E-state index contributed by atoms with van der Waals surface area (Å²) in [5, 5.41) is 6.98. The van der Waals surface area contributed by atoms with Crippen LogP contribution in [0.15, 0.2) is 18.6 Å². The van der Waals surface area contributed by atoms with Gasteiger partial charge in [0.05, 0.1) is 23.8 Å². The molecule has 1 saturated heterocycles. The third kappa shape index (κ3) is 2.97. The van der Waals surface area contributed by atoms with Gasteiger partial charge in [0.25, 0.3) is 0 Å². The van der Waals surface area contributed by atoms with E-state index >= 15 is 0 Å². The quantitative estimate of drug-likeness (QED) is 0.942. The number of H-pyrrole nitrogens is 1. The van der Waals surface area contributed by atoms with E-state index in [0.717, 1.165) is 29.2 Å². The largest absolute Gasteiger partial charge is 0.300 e.